The molecule has 0 N–H and O–H groups in total. The summed E-state index contributed by atoms with van der Waals surface area (Å²) in [4.78, 5) is 11.5. The molecule has 0 amide bonds. The quantitative estimate of drug-likeness (QED) is 0.794. The minimum absolute atomic E-state index is 0.0571. The molecule has 102 valence electrons. The fourth-order valence-corrected chi connectivity index (χ4v) is 1.45. The Bertz CT molecular complexity index is 532. The van der Waals surface area contributed by atoms with E-state index in [4.69, 9.17) is 10.00 Å². The Morgan fingerprint density at radius 2 is 2.05 bits per heavy atom. The summed E-state index contributed by atoms with van der Waals surface area (Å²) < 4.78 is 47.9. The summed E-state index contributed by atoms with van der Waals surface area (Å²) in [6.07, 6.45) is -4.76. The van der Waals surface area contributed by atoms with Crippen LogP contribution < -0.4 is 4.74 Å². The second-order valence-electron chi connectivity index (χ2n) is 3.43. The molecule has 0 saturated carbocycles. The molecule has 0 aliphatic rings. The lowest BCUT2D eigenvalue weighted by molar-refractivity contribution is -0.138. The highest BCUT2D eigenvalue weighted by molar-refractivity contribution is 5.92. The van der Waals surface area contributed by atoms with Gasteiger partial charge in [-0.25, -0.2) is 4.79 Å². The topological polar surface area (TPSA) is 59.3 Å². The lowest BCUT2D eigenvalue weighted by Gasteiger charge is -2.14. The van der Waals surface area contributed by atoms with Crippen molar-refractivity contribution in [2.45, 2.75) is 13.1 Å². The Balaban J connectivity index is 3.50. The number of hydrogen-bond donors (Lipinski definition) is 0. The zero-order valence-corrected chi connectivity index (χ0v) is 10.2. The van der Waals surface area contributed by atoms with Crippen molar-refractivity contribution in [3.8, 4) is 11.8 Å². The van der Waals surface area contributed by atoms with Crippen molar-refractivity contribution in [3.63, 3.8) is 0 Å². The van der Waals surface area contributed by atoms with Crippen LogP contribution in [-0.4, -0.2) is 19.7 Å². The van der Waals surface area contributed by atoms with Gasteiger partial charge in [0, 0.05) is 0 Å². The summed E-state index contributed by atoms with van der Waals surface area (Å²) >= 11 is 0. The van der Waals surface area contributed by atoms with Crippen LogP contribution in [0, 0.1) is 11.3 Å². The SMILES string of the molecule is CCOC(=O)c1cc(OC)c(C#N)cc1C(F)(F)F. The van der Waals surface area contributed by atoms with Crippen molar-refractivity contribution in [1.82, 2.24) is 0 Å². The molecule has 1 aromatic rings. The zero-order chi connectivity index (χ0) is 14.6. The van der Waals surface area contributed by atoms with E-state index in [1.165, 1.54) is 14.0 Å². The minimum Gasteiger partial charge on any atom is -0.495 e. The maximum Gasteiger partial charge on any atom is 0.417 e. The van der Waals surface area contributed by atoms with E-state index >= 15 is 0 Å². The predicted octanol–water partition coefficient (Wildman–Crippen LogP) is 2.76. The molecule has 0 aliphatic heterocycles. The normalized spacial score (nSPS) is 10.7. The molecule has 0 spiro atoms. The second kappa shape index (κ2) is 5.61. The van der Waals surface area contributed by atoms with Gasteiger partial charge in [0.15, 0.2) is 0 Å². The molecule has 1 rings (SSSR count). The van der Waals surface area contributed by atoms with Crippen LogP contribution >= 0.6 is 0 Å². The highest BCUT2D eigenvalue weighted by Crippen LogP contribution is 2.36. The molecule has 19 heavy (non-hydrogen) atoms. The van der Waals surface area contributed by atoms with Crippen LogP contribution in [0.4, 0.5) is 13.2 Å². The van der Waals surface area contributed by atoms with Gasteiger partial charge in [-0.15, -0.1) is 0 Å². The highest BCUT2D eigenvalue weighted by atomic mass is 19.4. The van der Waals surface area contributed by atoms with E-state index in [1.54, 1.807) is 6.07 Å². The Hall–Kier alpha value is -2.23. The summed E-state index contributed by atoms with van der Waals surface area (Å²) in [6.45, 7) is 1.42. The number of methoxy groups -OCH3 is 1. The number of alkyl halides is 3. The van der Waals surface area contributed by atoms with Gasteiger partial charge in [-0.05, 0) is 19.1 Å². The van der Waals surface area contributed by atoms with E-state index in [0.29, 0.717) is 6.07 Å². The molecular weight excluding hydrogens is 263 g/mol. The van der Waals surface area contributed by atoms with E-state index in [9.17, 15) is 18.0 Å². The second-order valence-corrected chi connectivity index (χ2v) is 3.43. The number of nitriles is 1. The standard InChI is InChI=1S/C12H10F3NO3/c1-3-19-11(17)8-5-10(18-2)7(6-16)4-9(8)12(13,14)15/h4-5H,3H2,1-2H3. The van der Waals surface area contributed by atoms with E-state index < -0.39 is 23.3 Å². The van der Waals surface area contributed by atoms with Crippen LogP contribution in [0.5, 0.6) is 5.75 Å². The van der Waals surface area contributed by atoms with Gasteiger partial charge in [0.05, 0.1) is 30.4 Å². The molecule has 0 aliphatic carbocycles. The Labute approximate surface area is 107 Å². The molecule has 0 unspecified atom stereocenters. The average Bonchev–Trinajstić information content (AvgIpc) is 2.36. The van der Waals surface area contributed by atoms with E-state index in [0.717, 1.165) is 6.07 Å². The van der Waals surface area contributed by atoms with Gasteiger partial charge in [0.2, 0.25) is 0 Å². The third kappa shape index (κ3) is 3.16. The molecule has 7 heteroatoms. The largest absolute Gasteiger partial charge is 0.495 e. The van der Waals surface area contributed by atoms with Gasteiger partial charge in [-0.2, -0.15) is 18.4 Å². The Morgan fingerprint density at radius 1 is 1.42 bits per heavy atom. The van der Waals surface area contributed by atoms with Gasteiger partial charge in [-0.3, -0.25) is 0 Å². The maximum absolute atomic E-state index is 12.8. The molecule has 0 atom stereocenters. The third-order valence-electron chi connectivity index (χ3n) is 2.26. The number of carbonyl (C=O) groups excluding carboxylic acids is 1. The van der Waals surface area contributed by atoms with Crippen LogP contribution in [0.15, 0.2) is 12.1 Å². The van der Waals surface area contributed by atoms with E-state index in [-0.39, 0.29) is 17.9 Å². The fourth-order valence-electron chi connectivity index (χ4n) is 1.45. The number of ether oxygens (including phenoxy) is 2. The summed E-state index contributed by atoms with van der Waals surface area (Å²) in [5.74, 6) is -1.23. The first-order valence-electron chi connectivity index (χ1n) is 5.21. The first kappa shape index (κ1) is 14.8. The predicted molar refractivity (Wildman–Crippen MR) is 58.7 cm³/mol. The number of nitrogens with zero attached hydrogens (tertiary/aromatic N) is 1. The van der Waals surface area contributed by atoms with Crippen LogP contribution in [0.1, 0.15) is 28.4 Å². The average molecular weight is 273 g/mol. The summed E-state index contributed by atoms with van der Waals surface area (Å²) in [6, 6.07) is 3.01. The van der Waals surface area contributed by atoms with Gasteiger partial charge in [0.1, 0.15) is 11.8 Å². The third-order valence-corrected chi connectivity index (χ3v) is 2.26. The van der Waals surface area contributed by atoms with Crippen LogP contribution in [0.25, 0.3) is 0 Å². The highest BCUT2D eigenvalue weighted by Gasteiger charge is 2.37. The number of carbonyl (C=O) groups is 1. The van der Waals surface area contributed by atoms with Gasteiger partial charge < -0.3 is 9.47 Å². The monoisotopic (exact) mass is 273 g/mol. The van der Waals surface area contributed by atoms with Crippen LogP contribution in [-0.2, 0) is 10.9 Å². The molecule has 0 aromatic heterocycles. The van der Waals surface area contributed by atoms with E-state index in [1.807, 2.05) is 0 Å². The van der Waals surface area contributed by atoms with Crippen molar-refractivity contribution in [2.24, 2.45) is 0 Å². The number of benzene rings is 1. The van der Waals surface area contributed by atoms with E-state index in [2.05, 4.69) is 4.74 Å². The Kier molecular flexibility index (Phi) is 4.38. The van der Waals surface area contributed by atoms with Gasteiger partial charge >= 0.3 is 12.1 Å². The Morgan fingerprint density at radius 3 is 2.47 bits per heavy atom. The van der Waals surface area contributed by atoms with Crippen LogP contribution in [0.2, 0.25) is 0 Å². The molecule has 0 heterocycles. The van der Waals surface area contributed by atoms with Gasteiger partial charge in [-0.1, -0.05) is 0 Å². The molecule has 0 radical (unpaired) electrons. The first-order chi connectivity index (χ1) is 8.85. The van der Waals surface area contributed by atoms with Crippen molar-refractivity contribution in [3.05, 3.63) is 28.8 Å². The number of rotatable bonds is 3. The maximum atomic E-state index is 12.8. The molecule has 0 bridgehead atoms. The molecular formula is C12H10F3NO3. The number of halogens is 3. The molecule has 1 aromatic carbocycles. The zero-order valence-electron chi connectivity index (χ0n) is 10.2. The molecule has 4 nitrogen and oxygen atoms in total. The summed E-state index contributed by atoms with van der Waals surface area (Å²) in [5, 5.41) is 8.76. The minimum atomic E-state index is -4.76. The smallest absolute Gasteiger partial charge is 0.417 e. The molecule has 0 fully saturated rings. The molecule has 0 saturated heterocycles. The van der Waals surface area contributed by atoms with Crippen molar-refractivity contribution in [1.29, 1.82) is 5.26 Å². The number of esters is 1. The fraction of sp³-hybridized carbons (Fsp3) is 0.333. The van der Waals surface area contributed by atoms with Crippen molar-refractivity contribution < 1.29 is 27.4 Å². The summed E-state index contributed by atoms with van der Waals surface area (Å²) in [7, 11) is 1.19. The lowest BCUT2D eigenvalue weighted by atomic mass is 10.0. The summed E-state index contributed by atoms with van der Waals surface area (Å²) in [5.41, 5.74) is -2.20. The first-order valence-corrected chi connectivity index (χ1v) is 5.21. The van der Waals surface area contributed by atoms with Crippen molar-refractivity contribution >= 4 is 5.97 Å². The lowest BCUT2D eigenvalue weighted by Crippen LogP contribution is -2.16. The van der Waals surface area contributed by atoms with Gasteiger partial charge in [0.25, 0.3) is 0 Å². The number of hydrogen-bond acceptors (Lipinski definition) is 4. The van der Waals surface area contributed by atoms with Crippen molar-refractivity contribution in [2.75, 3.05) is 13.7 Å². The van der Waals surface area contributed by atoms with Crippen LogP contribution in [0.3, 0.4) is 0 Å².